The topological polar surface area (TPSA) is 188 Å². The van der Waals surface area contributed by atoms with Crippen LogP contribution in [0.15, 0.2) is 97.3 Å². The van der Waals surface area contributed by atoms with Gasteiger partial charge in [-0.15, -0.1) is 0 Å². The quantitative estimate of drug-likeness (QED) is 0.0515. The van der Waals surface area contributed by atoms with Gasteiger partial charge < -0.3 is 40.6 Å². The van der Waals surface area contributed by atoms with Crippen molar-refractivity contribution in [2.75, 3.05) is 84.3 Å². The number of benzene rings is 4. The average Bonchev–Trinajstić information content (AvgIpc) is 4.36. The summed E-state index contributed by atoms with van der Waals surface area (Å²) < 4.78 is 25.0. The van der Waals surface area contributed by atoms with Gasteiger partial charge in [-0.05, 0) is 173 Å². The third kappa shape index (κ3) is 13.2. The Labute approximate surface area is 466 Å². The zero-order valence-corrected chi connectivity index (χ0v) is 48.2. The molecular formula is C58H67Cl3N10O4P2. The highest BCUT2D eigenvalue weighted by Crippen LogP contribution is 2.52. The number of nitrogens with zero attached hydrogens (tertiary/aromatic N) is 6. The van der Waals surface area contributed by atoms with Crippen molar-refractivity contribution >= 4 is 123 Å². The van der Waals surface area contributed by atoms with Crippen molar-refractivity contribution in [3.63, 3.8) is 0 Å². The second kappa shape index (κ2) is 22.3. The summed E-state index contributed by atoms with van der Waals surface area (Å²) in [7, 11) is -4.89. The number of para-hydroxylation sites is 2. The van der Waals surface area contributed by atoms with E-state index in [4.69, 9.17) is 40.5 Å². The van der Waals surface area contributed by atoms with Gasteiger partial charge in [-0.1, -0.05) is 47.5 Å². The highest BCUT2D eigenvalue weighted by molar-refractivity contribution is 7.70. The molecule has 404 valence electrons. The molecule has 2 saturated heterocycles. The van der Waals surface area contributed by atoms with Gasteiger partial charge in [0.1, 0.15) is 35.9 Å². The molecular weight excluding hydrogens is 1070 g/mol. The Kier molecular flexibility index (Phi) is 15.9. The molecule has 4 saturated carbocycles. The van der Waals surface area contributed by atoms with Crippen LogP contribution in [0, 0.1) is 10.8 Å². The minimum atomic E-state index is -2.49. The molecule has 0 atom stereocenters. The van der Waals surface area contributed by atoms with Crippen molar-refractivity contribution in [1.29, 1.82) is 0 Å². The molecule has 4 aliphatic carbocycles. The first-order chi connectivity index (χ1) is 36.7. The van der Waals surface area contributed by atoms with E-state index in [0.717, 1.165) is 111 Å². The van der Waals surface area contributed by atoms with Crippen LogP contribution in [0.5, 0.6) is 0 Å². The van der Waals surface area contributed by atoms with E-state index < -0.39 is 14.3 Å². The van der Waals surface area contributed by atoms with Crippen molar-refractivity contribution in [3.05, 3.63) is 124 Å². The molecule has 6 fully saturated rings. The molecule has 4 aromatic carbocycles. The number of hydrogen-bond acceptors (Lipinski definition) is 14. The van der Waals surface area contributed by atoms with Gasteiger partial charge in [0.2, 0.25) is 11.2 Å². The molecule has 14 nitrogen and oxygen atoms in total. The van der Waals surface area contributed by atoms with Crippen molar-refractivity contribution < 1.29 is 18.7 Å². The largest absolute Gasteiger partial charge is 0.399 e. The van der Waals surface area contributed by atoms with Gasteiger partial charge in [0.05, 0.1) is 23.8 Å². The molecule has 0 amide bonds. The first-order valence-corrected chi connectivity index (χ1v) is 32.9. The van der Waals surface area contributed by atoms with Crippen molar-refractivity contribution in [2.24, 2.45) is 10.8 Å². The monoisotopic (exact) mass is 1130 g/mol. The summed E-state index contributed by atoms with van der Waals surface area (Å²) in [5.41, 5.74) is 15.5. The molecule has 2 spiro atoms. The zero-order chi connectivity index (χ0) is 54.3. The van der Waals surface area contributed by atoms with E-state index in [1.54, 1.807) is 32.9 Å². The van der Waals surface area contributed by atoms with E-state index in [1.807, 2.05) is 54.6 Å². The summed E-state index contributed by atoms with van der Waals surface area (Å²) in [6, 6.07) is 27.8. The van der Waals surface area contributed by atoms with Crippen LogP contribution in [0.4, 0.5) is 51.7 Å². The van der Waals surface area contributed by atoms with Gasteiger partial charge in [-0.25, -0.2) is 9.97 Å². The second-order valence-corrected chi connectivity index (χ2v) is 30.3. The Morgan fingerprint density at radius 2 is 1.01 bits per heavy atom. The van der Waals surface area contributed by atoms with E-state index in [1.165, 1.54) is 54.4 Å². The van der Waals surface area contributed by atoms with E-state index in [-0.39, 0.29) is 5.28 Å². The fourth-order valence-electron chi connectivity index (χ4n) is 11.3. The number of rotatable bonds is 12. The van der Waals surface area contributed by atoms with Crippen LogP contribution >= 0.6 is 49.1 Å². The van der Waals surface area contributed by atoms with Crippen molar-refractivity contribution in [2.45, 2.75) is 88.9 Å². The van der Waals surface area contributed by atoms with Gasteiger partial charge >= 0.3 is 0 Å². The minimum Gasteiger partial charge on any atom is -0.399 e. The average molecular weight is 1140 g/mol. The maximum absolute atomic E-state index is 12.8. The van der Waals surface area contributed by atoms with Gasteiger partial charge in [0.15, 0.2) is 11.6 Å². The Hall–Kier alpha value is -5.49. The number of aromatic nitrogens is 4. The van der Waals surface area contributed by atoms with Crippen LogP contribution < -0.4 is 42.1 Å². The minimum absolute atomic E-state index is 0.0977. The van der Waals surface area contributed by atoms with E-state index >= 15 is 0 Å². The van der Waals surface area contributed by atoms with Gasteiger partial charge in [-0.2, -0.15) is 9.97 Å². The molecule has 0 bridgehead atoms. The first-order valence-electron chi connectivity index (χ1n) is 26.6. The lowest BCUT2D eigenvalue weighted by Crippen LogP contribution is -2.58. The summed E-state index contributed by atoms with van der Waals surface area (Å²) in [6.07, 6.45) is 15.4. The first kappa shape index (κ1) is 54.8. The maximum atomic E-state index is 12.8. The number of anilines is 9. The van der Waals surface area contributed by atoms with E-state index in [9.17, 15) is 18.7 Å². The molecule has 2 aliphatic heterocycles. The molecule has 2 aromatic heterocycles. The number of carbonyl (C=O) groups is 2. The highest BCUT2D eigenvalue weighted by Gasteiger charge is 2.47. The predicted molar refractivity (Wildman–Crippen MR) is 317 cm³/mol. The lowest BCUT2D eigenvalue weighted by Gasteiger charge is -2.53. The fraction of sp³-hybridized carbons (Fsp3) is 0.414. The highest BCUT2D eigenvalue weighted by atomic mass is 35.5. The normalized spacial score (nSPS) is 18.5. The van der Waals surface area contributed by atoms with Crippen molar-refractivity contribution in [3.8, 4) is 0 Å². The van der Waals surface area contributed by atoms with Crippen LogP contribution in [-0.2, 0) is 18.7 Å². The molecule has 19 heteroatoms. The number of halogens is 3. The van der Waals surface area contributed by atoms with Crippen LogP contribution in [0.25, 0.3) is 0 Å². The molecule has 5 N–H and O–H groups in total. The number of nitrogens with two attached hydrogens (primary N) is 1. The third-order valence-electron chi connectivity index (χ3n) is 15.8. The number of nitrogen functional groups attached to an aromatic ring is 1. The number of nitrogens with one attached hydrogen (secondary N) is 3. The Bertz CT molecular complexity index is 3290. The van der Waals surface area contributed by atoms with Gasteiger partial charge in [0, 0.05) is 96.1 Å². The standard InChI is InChI=1S/C29H33ClN5O2P.C17H22N2O.C12H12Cl2N3OP/c1-38(2,37)26-6-4-3-5-24(26)33-27-23(30)16-31-28(34-27)32-20-9-10-25(22(15-20)19-7-8-19)35-17-29(18-35)13-11-21(36)12-14-29;18-13-3-4-16(15(9-13)12-1-2-12)19-10-17(11-19)7-5-14(20)6-8-17;1-19(2,18)10-6-4-3-5-9(10)16-11-8(13)7-15-12(14)17-11/h3-6,9-10,15-16,19H,7-8,11-14,17-18H2,1-2H3,(H2,31,32,33,34);3-4,9,12H,1-2,5-8,10-11,18H2;3-7H,1-2H3,(H,15,16,17). The maximum Gasteiger partial charge on any atom is 0.229 e. The molecule has 4 heterocycles. The van der Waals surface area contributed by atoms with Gasteiger partial charge in [-0.3, -0.25) is 9.59 Å². The van der Waals surface area contributed by atoms with Crippen LogP contribution in [0.2, 0.25) is 15.3 Å². The summed E-state index contributed by atoms with van der Waals surface area (Å²) in [6.45, 7) is 11.3. The zero-order valence-electron chi connectivity index (χ0n) is 44.1. The Morgan fingerprint density at radius 3 is 1.49 bits per heavy atom. The van der Waals surface area contributed by atoms with E-state index in [2.05, 4.69) is 76.0 Å². The number of carbonyl (C=O) groups excluding carboxylic acids is 2. The smallest absolute Gasteiger partial charge is 0.229 e. The lowest BCUT2D eigenvalue weighted by atomic mass is 9.68. The number of ketones is 2. The number of hydrogen-bond donors (Lipinski definition) is 4. The van der Waals surface area contributed by atoms with Crippen LogP contribution in [0.1, 0.15) is 100 Å². The molecule has 77 heavy (non-hydrogen) atoms. The van der Waals surface area contributed by atoms with Crippen LogP contribution in [0.3, 0.4) is 0 Å². The third-order valence-corrected chi connectivity index (χ3v) is 19.7. The number of Topliss-reactive ketones (excluding diaryl/α,β-unsaturated/α-hetero) is 2. The van der Waals surface area contributed by atoms with Gasteiger partial charge in [0.25, 0.3) is 0 Å². The Balaban J connectivity index is 0.000000145. The summed E-state index contributed by atoms with van der Waals surface area (Å²) in [5.74, 6) is 3.50. The molecule has 12 rings (SSSR count). The summed E-state index contributed by atoms with van der Waals surface area (Å²) in [4.78, 5) is 44.9. The lowest BCUT2D eigenvalue weighted by molar-refractivity contribution is -0.123. The Morgan fingerprint density at radius 1 is 0.571 bits per heavy atom. The van der Waals surface area contributed by atoms with Crippen molar-refractivity contribution in [1.82, 2.24) is 19.9 Å². The molecule has 6 aromatic rings. The molecule has 6 aliphatic rings. The predicted octanol–water partition coefficient (Wildman–Crippen LogP) is 13.6. The summed E-state index contributed by atoms with van der Waals surface area (Å²) >= 11 is 18.2. The SMILES string of the molecule is CP(C)(=O)c1ccccc1Nc1nc(Cl)ncc1Cl.CP(C)(=O)c1ccccc1Nc1nc(Nc2ccc(N3CC4(CCC(=O)CC4)C3)c(C3CC3)c2)ncc1Cl.Nc1ccc(N2CC3(CCC(=O)CC3)C2)c(C2CC2)c1. The summed E-state index contributed by atoms with van der Waals surface area (Å²) in [5, 5.41) is 12.0. The molecule has 0 unspecified atom stereocenters. The second-order valence-electron chi connectivity index (χ2n) is 22.8. The molecule has 0 radical (unpaired) electrons. The van der Waals surface area contributed by atoms with E-state index in [0.29, 0.717) is 61.6 Å². The van der Waals surface area contributed by atoms with Crippen LogP contribution in [-0.4, -0.2) is 84.3 Å². The fourth-order valence-corrected chi connectivity index (χ4v) is 14.0.